The fourth-order valence-corrected chi connectivity index (χ4v) is 3.40. The average Bonchev–Trinajstić information content (AvgIpc) is 3.16. The minimum Gasteiger partial charge on any atom is -0.300 e. The van der Waals surface area contributed by atoms with Gasteiger partial charge in [0, 0.05) is 24.2 Å². The Morgan fingerprint density at radius 3 is 2.17 bits per heavy atom. The summed E-state index contributed by atoms with van der Waals surface area (Å²) < 4.78 is 5.83. The molecule has 0 aliphatic rings. The van der Waals surface area contributed by atoms with E-state index in [1.54, 1.807) is 37.1 Å². The van der Waals surface area contributed by atoms with E-state index < -0.39 is 16.7 Å². The number of hydrogen-bond acceptors (Lipinski definition) is 5. The number of ketones is 1. The van der Waals surface area contributed by atoms with E-state index in [1.807, 2.05) is 34.6 Å². The van der Waals surface area contributed by atoms with Gasteiger partial charge in [-0.15, -0.1) is 0 Å². The lowest BCUT2D eigenvalue weighted by atomic mass is 9.91. The van der Waals surface area contributed by atoms with Crippen LogP contribution in [-0.2, 0) is 18.4 Å². The second-order valence-corrected chi connectivity index (χ2v) is 9.16. The molecule has 3 aromatic heterocycles. The van der Waals surface area contributed by atoms with Gasteiger partial charge in [-0.25, -0.2) is 9.48 Å². The van der Waals surface area contributed by atoms with Gasteiger partial charge in [0.25, 0.3) is 5.56 Å². The van der Waals surface area contributed by atoms with Gasteiger partial charge in [-0.1, -0.05) is 20.8 Å². The fraction of sp³-hybridized carbons (Fsp3) is 0.571. The Hall–Kier alpha value is -2.97. The molecule has 0 radical (unpaired) electrons. The van der Waals surface area contributed by atoms with E-state index in [0.29, 0.717) is 5.95 Å². The van der Waals surface area contributed by atoms with Crippen LogP contribution in [0.4, 0.5) is 0 Å². The Morgan fingerprint density at radius 1 is 1.10 bits per heavy atom. The smallest absolute Gasteiger partial charge is 0.300 e. The molecular weight excluding hydrogens is 384 g/mol. The van der Waals surface area contributed by atoms with E-state index in [-0.39, 0.29) is 29.5 Å². The zero-order valence-corrected chi connectivity index (χ0v) is 19.2. The molecule has 0 atom stereocenters. The summed E-state index contributed by atoms with van der Waals surface area (Å²) in [4.78, 5) is 43.5. The number of imidazole rings is 1. The second-order valence-electron chi connectivity index (χ2n) is 9.16. The van der Waals surface area contributed by atoms with Gasteiger partial charge in [0.2, 0.25) is 5.95 Å². The number of Topliss-reactive ketones (excluding diaryl/α,β-unsaturated/α-hetero) is 1. The molecule has 0 spiro atoms. The molecule has 0 unspecified atom stereocenters. The van der Waals surface area contributed by atoms with Gasteiger partial charge in [-0.2, -0.15) is 10.1 Å². The predicted octanol–water partition coefficient (Wildman–Crippen LogP) is 2.20. The van der Waals surface area contributed by atoms with Crippen molar-refractivity contribution in [2.24, 2.45) is 12.5 Å². The summed E-state index contributed by atoms with van der Waals surface area (Å²) in [5.41, 5.74) is 1.65. The molecule has 9 heteroatoms. The van der Waals surface area contributed by atoms with Crippen molar-refractivity contribution in [3.05, 3.63) is 37.8 Å². The van der Waals surface area contributed by atoms with Crippen LogP contribution < -0.4 is 11.2 Å². The molecule has 0 saturated heterocycles. The number of nitrogens with zero attached hydrogens (tertiary/aromatic N) is 6. The van der Waals surface area contributed by atoms with Gasteiger partial charge in [-0.3, -0.25) is 23.3 Å². The highest BCUT2D eigenvalue weighted by molar-refractivity contribution is 5.83. The van der Waals surface area contributed by atoms with Crippen molar-refractivity contribution in [3.63, 3.8) is 0 Å². The van der Waals surface area contributed by atoms with Crippen LogP contribution in [0.2, 0.25) is 0 Å². The summed E-state index contributed by atoms with van der Waals surface area (Å²) in [6.45, 7) is 14.8. The zero-order valence-electron chi connectivity index (χ0n) is 19.2. The Labute approximate surface area is 175 Å². The minimum atomic E-state index is -0.663. The molecular formula is C21H30N6O3. The van der Waals surface area contributed by atoms with Crippen molar-refractivity contribution in [3.8, 4) is 5.95 Å². The number of hydrogen-bond donors (Lipinski definition) is 0. The summed E-state index contributed by atoms with van der Waals surface area (Å²) in [5, 5.41) is 4.59. The third-order valence-corrected chi connectivity index (χ3v) is 5.65. The lowest BCUT2D eigenvalue weighted by Gasteiger charge is -2.18. The van der Waals surface area contributed by atoms with Crippen LogP contribution in [-0.4, -0.2) is 34.2 Å². The minimum absolute atomic E-state index is 0.119. The van der Waals surface area contributed by atoms with Gasteiger partial charge < -0.3 is 0 Å². The summed E-state index contributed by atoms with van der Waals surface area (Å²) in [7, 11) is 1.57. The number of aryl methyl sites for hydroxylation is 2. The monoisotopic (exact) mass is 414 g/mol. The summed E-state index contributed by atoms with van der Waals surface area (Å²) in [5.74, 6) is 0.284. The van der Waals surface area contributed by atoms with E-state index in [1.165, 1.54) is 4.57 Å². The highest BCUT2D eigenvalue weighted by Gasteiger charge is 2.27. The summed E-state index contributed by atoms with van der Waals surface area (Å²) >= 11 is 0. The second kappa shape index (κ2) is 7.07. The Balaban J connectivity index is 2.41. The average molecular weight is 415 g/mol. The van der Waals surface area contributed by atoms with Crippen molar-refractivity contribution in [1.29, 1.82) is 0 Å². The quantitative estimate of drug-likeness (QED) is 0.652. The lowest BCUT2D eigenvalue weighted by molar-refractivity contribution is -0.127. The molecule has 0 amide bonds. The lowest BCUT2D eigenvalue weighted by Crippen LogP contribution is -2.43. The maximum atomic E-state index is 13.4. The van der Waals surface area contributed by atoms with Gasteiger partial charge in [0.15, 0.2) is 16.9 Å². The molecule has 0 aromatic carbocycles. The normalized spacial score (nSPS) is 12.3. The summed E-state index contributed by atoms with van der Waals surface area (Å²) in [6, 6.07) is -0.119. The number of carbonyl (C=O) groups is 1. The van der Waals surface area contributed by atoms with Gasteiger partial charge in [0.1, 0.15) is 0 Å². The van der Waals surface area contributed by atoms with E-state index >= 15 is 0 Å². The van der Waals surface area contributed by atoms with Crippen LogP contribution in [0.5, 0.6) is 0 Å². The molecule has 30 heavy (non-hydrogen) atoms. The first-order valence-corrected chi connectivity index (χ1v) is 10.1. The zero-order chi connectivity index (χ0) is 22.7. The van der Waals surface area contributed by atoms with Crippen molar-refractivity contribution in [2.45, 2.75) is 68.0 Å². The van der Waals surface area contributed by atoms with E-state index in [9.17, 15) is 14.4 Å². The standard InChI is InChI=1S/C21H30N6O3/c1-11(2)26-16-17(22-19(26)27-14(5)12(3)13(4)23-27)24(9)20(30)25(18(16)29)10-15(28)21(6,7)8/h11H,10H2,1-9H3. The molecule has 0 aliphatic heterocycles. The first kappa shape index (κ1) is 21.7. The molecule has 9 nitrogen and oxygen atoms in total. The van der Waals surface area contributed by atoms with Gasteiger partial charge >= 0.3 is 5.69 Å². The predicted molar refractivity (Wildman–Crippen MR) is 115 cm³/mol. The van der Waals surface area contributed by atoms with Crippen molar-refractivity contribution in [2.75, 3.05) is 0 Å². The SMILES string of the molecule is Cc1nn(-c2nc3c(c(=O)n(CC(=O)C(C)(C)C)c(=O)n3C)n2C(C)C)c(C)c1C. The van der Waals surface area contributed by atoms with Crippen molar-refractivity contribution < 1.29 is 4.79 Å². The van der Waals surface area contributed by atoms with Crippen LogP contribution in [0.25, 0.3) is 17.1 Å². The van der Waals surface area contributed by atoms with Crippen molar-refractivity contribution >= 4 is 16.9 Å². The largest absolute Gasteiger partial charge is 0.332 e. The molecule has 0 aliphatic carbocycles. The molecule has 0 fully saturated rings. The molecule has 0 N–H and O–H groups in total. The third kappa shape index (κ3) is 3.22. The first-order chi connectivity index (χ1) is 13.8. The van der Waals surface area contributed by atoms with Crippen molar-refractivity contribution in [1.82, 2.24) is 28.5 Å². The van der Waals surface area contributed by atoms with Crippen LogP contribution in [0.1, 0.15) is 57.6 Å². The van der Waals surface area contributed by atoms with E-state index in [0.717, 1.165) is 21.5 Å². The number of carbonyl (C=O) groups excluding carboxylic acids is 1. The molecule has 0 bridgehead atoms. The maximum absolute atomic E-state index is 13.4. The number of aromatic nitrogens is 6. The van der Waals surface area contributed by atoms with E-state index in [2.05, 4.69) is 10.1 Å². The third-order valence-electron chi connectivity index (χ3n) is 5.65. The topological polar surface area (TPSA) is 96.7 Å². The number of fused-ring (bicyclic) bond motifs is 1. The fourth-order valence-electron chi connectivity index (χ4n) is 3.40. The van der Waals surface area contributed by atoms with Crippen LogP contribution in [0.3, 0.4) is 0 Å². The van der Waals surface area contributed by atoms with Gasteiger partial charge in [0.05, 0.1) is 12.2 Å². The number of rotatable bonds is 4. The Kier molecular flexibility index (Phi) is 5.12. The van der Waals surface area contributed by atoms with E-state index in [4.69, 9.17) is 0 Å². The highest BCUT2D eigenvalue weighted by Crippen LogP contribution is 2.23. The van der Waals surface area contributed by atoms with Crippen LogP contribution >= 0.6 is 0 Å². The Bertz CT molecular complexity index is 1280. The first-order valence-electron chi connectivity index (χ1n) is 10.1. The Morgan fingerprint density at radius 2 is 1.70 bits per heavy atom. The van der Waals surface area contributed by atoms with Gasteiger partial charge in [-0.05, 0) is 40.2 Å². The molecule has 162 valence electrons. The molecule has 3 rings (SSSR count). The molecule has 0 saturated carbocycles. The molecule has 3 aromatic rings. The van der Waals surface area contributed by atoms with Crippen LogP contribution in [0.15, 0.2) is 9.59 Å². The summed E-state index contributed by atoms with van der Waals surface area (Å²) in [6.07, 6.45) is 0. The van der Waals surface area contributed by atoms with Crippen LogP contribution in [0, 0.1) is 26.2 Å². The molecule has 3 heterocycles. The highest BCUT2D eigenvalue weighted by atomic mass is 16.2. The maximum Gasteiger partial charge on any atom is 0.332 e.